The third-order valence-corrected chi connectivity index (χ3v) is 4.53. The number of aryl methyl sites for hydroxylation is 1. The van der Waals surface area contributed by atoms with E-state index >= 15 is 0 Å². The first kappa shape index (κ1) is 15.6. The Bertz CT molecular complexity index is 736. The molecule has 0 unspecified atom stereocenters. The Hall–Kier alpha value is -2.26. The van der Waals surface area contributed by atoms with Crippen molar-refractivity contribution < 1.29 is 8.81 Å². The van der Waals surface area contributed by atoms with Crippen LogP contribution < -0.4 is 0 Å². The molecule has 1 aliphatic rings. The Morgan fingerprint density at radius 2 is 2.26 bits per heavy atom. The first-order valence-corrected chi connectivity index (χ1v) is 7.81. The maximum absolute atomic E-state index is 14.0. The maximum Gasteiger partial charge on any atom is 0.221 e. The molecule has 120 valence electrons. The zero-order chi connectivity index (χ0) is 16.4. The number of aromatic nitrogens is 2. The molecule has 3 rings (SSSR count). The number of nitrogens with zero attached hydrogens (tertiary/aromatic N) is 4. The quantitative estimate of drug-likeness (QED) is 0.870. The Morgan fingerprint density at radius 3 is 2.96 bits per heavy atom. The Labute approximate surface area is 134 Å². The van der Waals surface area contributed by atoms with Crippen molar-refractivity contribution in [2.75, 3.05) is 6.54 Å². The predicted molar refractivity (Wildman–Crippen MR) is 82.0 cm³/mol. The maximum atomic E-state index is 14.0. The zero-order valence-electron chi connectivity index (χ0n) is 13.3. The predicted octanol–water partition coefficient (Wildman–Crippen LogP) is 3.16. The highest BCUT2D eigenvalue weighted by atomic mass is 19.1. The van der Waals surface area contributed by atoms with Crippen molar-refractivity contribution in [1.82, 2.24) is 15.1 Å². The average molecular weight is 314 g/mol. The molecule has 0 amide bonds. The van der Waals surface area contributed by atoms with Crippen molar-refractivity contribution in [1.29, 1.82) is 5.26 Å². The van der Waals surface area contributed by atoms with E-state index in [0.29, 0.717) is 29.5 Å². The third-order valence-electron chi connectivity index (χ3n) is 4.53. The van der Waals surface area contributed by atoms with Crippen LogP contribution in [0.2, 0.25) is 0 Å². The number of likely N-dealkylation sites (tertiary alicyclic amines) is 1. The molecule has 2 heterocycles. The fourth-order valence-corrected chi connectivity index (χ4v) is 3.21. The molecule has 0 aliphatic carbocycles. The van der Waals surface area contributed by atoms with Gasteiger partial charge in [-0.05, 0) is 44.5 Å². The fraction of sp³-hybridized carbons (Fsp3) is 0.471. The van der Waals surface area contributed by atoms with E-state index < -0.39 is 0 Å². The van der Waals surface area contributed by atoms with Crippen molar-refractivity contribution in [3.8, 4) is 6.07 Å². The molecule has 0 saturated carbocycles. The second-order valence-electron chi connectivity index (χ2n) is 6.04. The van der Waals surface area contributed by atoms with Gasteiger partial charge in [-0.15, -0.1) is 10.2 Å². The Balaban J connectivity index is 1.79. The van der Waals surface area contributed by atoms with E-state index in [1.807, 2.05) is 0 Å². The molecule has 0 spiro atoms. The van der Waals surface area contributed by atoms with Gasteiger partial charge >= 0.3 is 0 Å². The SMILES string of the molecule is Cc1nnc([C@H]2CCCN(Cc3cc(C#N)ccc3F)[C@H]2C)o1. The van der Waals surface area contributed by atoms with Crippen molar-refractivity contribution in [3.63, 3.8) is 0 Å². The molecule has 1 fully saturated rings. The van der Waals surface area contributed by atoms with Gasteiger partial charge in [-0.25, -0.2) is 4.39 Å². The summed E-state index contributed by atoms with van der Waals surface area (Å²) >= 11 is 0. The summed E-state index contributed by atoms with van der Waals surface area (Å²) in [6.07, 6.45) is 1.98. The molecule has 1 aliphatic heterocycles. The number of halogens is 1. The van der Waals surface area contributed by atoms with E-state index in [-0.39, 0.29) is 17.8 Å². The summed E-state index contributed by atoms with van der Waals surface area (Å²) in [5.74, 6) is 1.11. The minimum Gasteiger partial charge on any atom is -0.425 e. The summed E-state index contributed by atoms with van der Waals surface area (Å²) in [7, 11) is 0. The molecule has 1 aromatic carbocycles. The van der Waals surface area contributed by atoms with Crippen molar-refractivity contribution >= 4 is 0 Å². The number of nitriles is 1. The van der Waals surface area contributed by atoms with Gasteiger partial charge in [-0.2, -0.15) is 5.26 Å². The Morgan fingerprint density at radius 1 is 1.43 bits per heavy atom. The third kappa shape index (κ3) is 3.25. The monoisotopic (exact) mass is 314 g/mol. The molecule has 2 aromatic rings. The van der Waals surface area contributed by atoms with Gasteiger partial charge in [0, 0.05) is 25.1 Å². The van der Waals surface area contributed by atoms with Crippen LogP contribution in [0.15, 0.2) is 22.6 Å². The van der Waals surface area contributed by atoms with Gasteiger partial charge in [0.15, 0.2) is 0 Å². The summed E-state index contributed by atoms with van der Waals surface area (Å²) in [6.45, 7) is 5.26. The van der Waals surface area contributed by atoms with Crippen LogP contribution in [-0.2, 0) is 6.54 Å². The number of hydrogen-bond acceptors (Lipinski definition) is 5. The van der Waals surface area contributed by atoms with Crippen LogP contribution in [0.4, 0.5) is 4.39 Å². The molecule has 2 atom stereocenters. The lowest BCUT2D eigenvalue weighted by molar-refractivity contribution is 0.117. The molecule has 5 nitrogen and oxygen atoms in total. The molecule has 0 bridgehead atoms. The summed E-state index contributed by atoms with van der Waals surface area (Å²) < 4.78 is 19.6. The summed E-state index contributed by atoms with van der Waals surface area (Å²) in [4.78, 5) is 2.22. The second kappa shape index (κ2) is 6.47. The summed E-state index contributed by atoms with van der Waals surface area (Å²) in [5, 5.41) is 17.0. The molecule has 1 aromatic heterocycles. The van der Waals surface area contributed by atoms with Gasteiger partial charge < -0.3 is 4.42 Å². The highest BCUT2D eigenvalue weighted by Gasteiger charge is 2.32. The van der Waals surface area contributed by atoms with Gasteiger partial charge in [-0.1, -0.05) is 0 Å². The van der Waals surface area contributed by atoms with Crippen molar-refractivity contribution in [2.24, 2.45) is 0 Å². The number of piperidine rings is 1. The van der Waals surface area contributed by atoms with Crippen LogP contribution in [0.5, 0.6) is 0 Å². The van der Waals surface area contributed by atoms with Crippen LogP contribution >= 0.6 is 0 Å². The highest BCUT2D eigenvalue weighted by Crippen LogP contribution is 2.32. The standard InChI is InChI=1S/C17H19FN4O/c1-11-15(17-21-20-12(2)23-17)4-3-7-22(11)10-14-8-13(9-19)5-6-16(14)18/h5-6,8,11,15H,3-4,7,10H2,1-2H3/t11-,15-/m0/s1. The van der Waals surface area contributed by atoms with Crippen LogP contribution in [0, 0.1) is 24.1 Å². The van der Waals surface area contributed by atoms with Crippen molar-refractivity contribution in [2.45, 2.75) is 45.2 Å². The minimum absolute atomic E-state index is 0.159. The molecule has 0 radical (unpaired) electrons. The normalized spacial score (nSPS) is 22.0. The van der Waals surface area contributed by atoms with E-state index in [2.05, 4.69) is 28.1 Å². The number of benzene rings is 1. The first-order chi connectivity index (χ1) is 11.1. The lowest BCUT2D eigenvalue weighted by Crippen LogP contribution is -2.42. The van der Waals surface area contributed by atoms with E-state index in [9.17, 15) is 4.39 Å². The summed E-state index contributed by atoms with van der Waals surface area (Å²) in [5.41, 5.74) is 1.04. The van der Waals surface area contributed by atoms with Crippen LogP contribution in [0.3, 0.4) is 0 Å². The second-order valence-corrected chi connectivity index (χ2v) is 6.04. The summed E-state index contributed by atoms with van der Waals surface area (Å²) in [6, 6.07) is 6.73. The first-order valence-electron chi connectivity index (χ1n) is 7.81. The fourth-order valence-electron chi connectivity index (χ4n) is 3.21. The lowest BCUT2D eigenvalue weighted by atomic mass is 9.89. The number of hydrogen-bond donors (Lipinski definition) is 0. The van der Waals surface area contributed by atoms with Crippen LogP contribution in [0.25, 0.3) is 0 Å². The molecular weight excluding hydrogens is 295 g/mol. The highest BCUT2D eigenvalue weighted by molar-refractivity contribution is 5.33. The van der Waals surface area contributed by atoms with Gasteiger partial charge in [0.25, 0.3) is 0 Å². The van der Waals surface area contributed by atoms with Gasteiger partial charge in [-0.3, -0.25) is 4.90 Å². The topological polar surface area (TPSA) is 66.0 Å². The van der Waals surface area contributed by atoms with Crippen LogP contribution in [-0.4, -0.2) is 27.7 Å². The van der Waals surface area contributed by atoms with Crippen LogP contribution in [0.1, 0.15) is 48.6 Å². The molecule has 23 heavy (non-hydrogen) atoms. The van der Waals surface area contributed by atoms with E-state index in [4.69, 9.17) is 9.68 Å². The minimum atomic E-state index is -0.271. The molecule has 1 saturated heterocycles. The lowest BCUT2D eigenvalue weighted by Gasteiger charge is -2.38. The number of rotatable bonds is 3. The van der Waals surface area contributed by atoms with E-state index in [1.54, 1.807) is 13.0 Å². The van der Waals surface area contributed by atoms with Gasteiger partial charge in [0.1, 0.15) is 5.82 Å². The Kier molecular flexibility index (Phi) is 4.39. The largest absolute Gasteiger partial charge is 0.425 e. The molecule has 0 N–H and O–H groups in total. The molecular formula is C17H19FN4O. The van der Waals surface area contributed by atoms with Gasteiger partial charge in [0.2, 0.25) is 11.8 Å². The van der Waals surface area contributed by atoms with Gasteiger partial charge in [0.05, 0.1) is 17.6 Å². The smallest absolute Gasteiger partial charge is 0.221 e. The zero-order valence-corrected chi connectivity index (χ0v) is 13.3. The molecule has 6 heteroatoms. The van der Waals surface area contributed by atoms with Crippen molar-refractivity contribution in [3.05, 3.63) is 46.9 Å². The van der Waals surface area contributed by atoms with E-state index in [1.165, 1.54) is 12.1 Å². The van der Waals surface area contributed by atoms with E-state index in [0.717, 1.165) is 19.4 Å². The average Bonchev–Trinajstić information content (AvgIpc) is 2.97.